The van der Waals surface area contributed by atoms with E-state index >= 15 is 0 Å². The van der Waals surface area contributed by atoms with Crippen LogP contribution in [0.5, 0.6) is 0 Å². The van der Waals surface area contributed by atoms with Crippen molar-refractivity contribution in [1.82, 2.24) is 0 Å². The minimum absolute atomic E-state index is 1.09. The third-order valence-corrected chi connectivity index (χ3v) is 4.23. The molecule has 0 saturated heterocycles. The summed E-state index contributed by atoms with van der Waals surface area (Å²) in [6.45, 7) is 2.37. The first-order chi connectivity index (χ1) is 5.90. The number of rotatable bonds is 1. The fourth-order valence-corrected chi connectivity index (χ4v) is 3.34. The van der Waals surface area contributed by atoms with Crippen LogP contribution in [0.1, 0.15) is 58.3 Å². The Labute approximate surface area is 76.7 Å². The smallest absolute Gasteiger partial charge is 0.0383 e. The zero-order valence-corrected chi connectivity index (χ0v) is 8.39. The molecule has 3 atom stereocenters. The Morgan fingerprint density at radius 2 is 1.67 bits per heavy atom. The zero-order chi connectivity index (χ0) is 8.39. The highest BCUT2D eigenvalue weighted by Gasteiger charge is 2.30. The van der Waals surface area contributed by atoms with Crippen molar-refractivity contribution in [2.24, 2.45) is 17.8 Å². The van der Waals surface area contributed by atoms with Crippen LogP contribution >= 0.6 is 0 Å². The van der Waals surface area contributed by atoms with Gasteiger partial charge < -0.3 is 0 Å². The molecule has 0 aliphatic heterocycles. The molecule has 2 aliphatic rings. The maximum atomic E-state index is 2.37. The molecule has 0 amide bonds. The molecule has 0 bridgehead atoms. The van der Waals surface area contributed by atoms with Gasteiger partial charge in [-0.25, -0.2) is 0 Å². The molecule has 0 aromatic heterocycles. The van der Waals surface area contributed by atoms with Crippen LogP contribution in [0.15, 0.2) is 0 Å². The molecule has 70 valence electrons. The quantitative estimate of drug-likeness (QED) is 0.552. The van der Waals surface area contributed by atoms with Gasteiger partial charge in [-0.3, -0.25) is 0 Å². The number of hydrogen-bond donors (Lipinski definition) is 0. The minimum Gasteiger partial charge on any atom is -0.0651 e. The van der Waals surface area contributed by atoms with E-state index in [0.717, 1.165) is 17.8 Å². The van der Waals surface area contributed by atoms with E-state index in [4.69, 9.17) is 0 Å². The van der Waals surface area contributed by atoms with Crippen molar-refractivity contribution in [3.63, 3.8) is 0 Å². The maximum absolute atomic E-state index is 2.37. The molecule has 2 aliphatic carbocycles. The summed E-state index contributed by atoms with van der Waals surface area (Å²) >= 11 is 0. The number of hydrogen-bond acceptors (Lipinski definition) is 0. The molecule has 0 heterocycles. The average Bonchev–Trinajstić information content (AvgIpc) is 2.17. The summed E-state index contributed by atoms with van der Waals surface area (Å²) in [7, 11) is 0. The molecule has 2 fully saturated rings. The van der Waals surface area contributed by atoms with Crippen LogP contribution in [-0.2, 0) is 0 Å². The van der Waals surface area contributed by atoms with Gasteiger partial charge in [0, 0.05) is 0 Å². The first kappa shape index (κ1) is 8.59. The highest BCUT2D eigenvalue weighted by molar-refractivity contribution is 4.82. The van der Waals surface area contributed by atoms with Gasteiger partial charge in [-0.05, 0) is 30.6 Å². The lowest BCUT2D eigenvalue weighted by molar-refractivity contribution is 0.128. The van der Waals surface area contributed by atoms with Gasteiger partial charge in [-0.1, -0.05) is 45.4 Å². The van der Waals surface area contributed by atoms with Gasteiger partial charge in [0.15, 0.2) is 0 Å². The molecule has 0 N–H and O–H groups in total. The molecular weight excluding hydrogens is 144 g/mol. The molecule has 12 heavy (non-hydrogen) atoms. The second kappa shape index (κ2) is 3.81. The summed E-state index contributed by atoms with van der Waals surface area (Å²) in [5, 5.41) is 0. The first-order valence-corrected chi connectivity index (χ1v) is 5.90. The van der Waals surface area contributed by atoms with E-state index in [0.29, 0.717) is 0 Å². The van der Waals surface area contributed by atoms with Crippen molar-refractivity contribution in [3.05, 3.63) is 0 Å². The van der Waals surface area contributed by atoms with Crippen molar-refractivity contribution in [2.75, 3.05) is 0 Å². The lowest BCUT2D eigenvalue weighted by Crippen LogP contribution is -2.27. The molecule has 0 unspecified atom stereocenters. The van der Waals surface area contributed by atoms with Crippen LogP contribution in [0.3, 0.4) is 0 Å². The second-order valence-electron chi connectivity index (χ2n) is 4.89. The minimum atomic E-state index is 1.09. The highest BCUT2D eigenvalue weighted by atomic mass is 14.4. The molecule has 2 saturated carbocycles. The average molecular weight is 166 g/mol. The third kappa shape index (κ3) is 1.67. The lowest BCUT2D eigenvalue weighted by atomic mass is 9.67. The maximum Gasteiger partial charge on any atom is -0.0383 e. The molecule has 0 nitrogen and oxygen atoms in total. The summed E-state index contributed by atoms with van der Waals surface area (Å²) in [5.41, 5.74) is 0. The van der Waals surface area contributed by atoms with Gasteiger partial charge in [0.25, 0.3) is 0 Å². The van der Waals surface area contributed by atoms with Gasteiger partial charge in [0.2, 0.25) is 0 Å². The molecule has 0 heteroatoms. The molecule has 0 aromatic rings. The Hall–Kier alpha value is 0. The van der Waals surface area contributed by atoms with E-state index in [9.17, 15) is 0 Å². The topological polar surface area (TPSA) is 0 Å². The Kier molecular flexibility index (Phi) is 2.73. The normalized spacial score (nSPS) is 42.2. The van der Waals surface area contributed by atoms with Crippen LogP contribution in [0, 0.1) is 17.8 Å². The predicted octanol–water partition coefficient (Wildman–Crippen LogP) is 4.00. The van der Waals surface area contributed by atoms with Gasteiger partial charge in [0.05, 0.1) is 0 Å². The third-order valence-electron chi connectivity index (χ3n) is 4.23. The lowest BCUT2D eigenvalue weighted by Gasteiger charge is -2.39. The standard InChI is InChI=1S/C12H22/c1-2-10-7-8-11-5-3-4-6-12(11)9-10/h10-12H,2-9H2,1H3/t10-,11-,12+/m1/s1. The van der Waals surface area contributed by atoms with Gasteiger partial charge in [0.1, 0.15) is 0 Å². The molecule has 0 radical (unpaired) electrons. The van der Waals surface area contributed by atoms with Crippen molar-refractivity contribution in [3.8, 4) is 0 Å². The van der Waals surface area contributed by atoms with E-state index in [-0.39, 0.29) is 0 Å². The monoisotopic (exact) mass is 166 g/mol. The summed E-state index contributed by atoms with van der Waals surface area (Å²) in [6.07, 6.45) is 12.3. The van der Waals surface area contributed by atoms with Crippen LogP contribution < -0.4 is 0 Å². The highest BCUT2D eigenvalue weighted by Crippen LogP contribution is 2.43. The van der Waals surface area contributed by atoms with Crippen molar-refractivity contribution in [1.29, 1.82) is 0 Å². The van der Waals surface area contributed by atoms with Crippen molar-refractivity contribution >= 4 is 0 Å². The largest absolute Gasteiger partial charge is 0.0651 e. The van der Waals surface area contributed by atoms with Crippen LogP contribution in [0.25, 0.3) is 0 Å². The molecule has 0 aromatic carbocycles. The Bertz CT molecular complexity index is 139. The van der Waals surface area contributed by atoms with E-state index < -0.39 is 0 Å². The summed E-state index contributed by atoms with van der Waals surface area (Å²) in [4.78, 5) is 0. The van der Waals surface area contributed by atoms with Gasteiger partial charge >= 0.3 is 0 Å². The van der Waals surface area contributed by atoms with Crippen molar-refractivity contribution in [2.45, 2.75) is 58.3 Å². The second-order valence-corrected chi connectivity index (χ2v) is 4.89. The Morgan fingerprint density at radius 3 is 2.42 bits per heavy atom. The predicted molar refractivity (Wildman–Crippen MR) is 53.1 cm³/mol. The van der Waals surface area contributed by atoms with E-state index in [1.807, 2.05) is 0 Å². The first-order valence-electron chi connectivity index (χ1n) is 5.90. The van der Waals surface area contributed by atoms with Crippen LogP contribution in [0.2, 0.25) is 0 Å². The fraction of sp³-hybridized carbons (Fsp3) is 1.00. The van der Waals surface area contributed by atoms with Gasteiger partial charge in [-0.2, -0.15) is 0 Å². The summed E-state index contributed by atoms with van der Waals surface area (Å²) in [5.74, 6) is 3.36. The summed E-state index contributed by atoms with van der Waals surface area (Å²) in [6, 6.07) is 0. The van der Waals surface area contributed by atoms with E-state index in [2.05, 4.69) is 6.92 Å². The van der Waals surface area contributed by atoms with E-state index in [1.54, 1.807) is 25.7 Å². The van der Waals surface area contributed by atoms with E-state index in [1.165, 1.54) is 25.7 Å². The molecular formula is C12H22. The van der Waals surface area contributed by atoms with Crippen LogP contribution in [-0.4, -0.2) is 0 Å². The van der Waals surface area contributed by atoms with Gasteiger partial charge in [-0.15, -0.1) is 0 Å². The van der Waals surface area contributed by atoms with Crippen LogP contribution in [0.4, 0.5) is 0 Å². The molecule has 0 spiro atoms. The Balaban J connectivity index is 1.90. The fourth-order valence-electron chi connectivity index (χ4n) is 3.34. The van der Waals surface area contributed by atoms with Crippen molar-refractivity contribution < 1.29 is 0 Å². The number of fused-ring (bicyclic) bond motifs is 1. The SMILES string of the molecule is CC[C@@H]1CC[C@H]2CCCC[C@H]2C1. The zero-order valence-electron chi connectivity index (χ0n) is 8.39. The summed E-state index contributed by atoms with van der Waals surface area (Å²) < 4.78 is 0. The molecule has 2 rings (SSSR count). The Morgan fingerprint density at radius 1 is 0.917 bits per heavy atom.